The van der Waals surface area contributed by atoms with Gasteiger partial charge in [-0.25, -0.2) is 4.79 Å². The summed E-state index contributed by atoms with van der Waals surface area (Å²) in [5.74, 6) is 0. The summed E-state index contributed by atoms with van der Waals surface area (Å²) in [6, 6.07) is -0.0855. The fraction of sp³-hybridized carbons (Fsp3) is 0.889. The molecule has 5 heteroatoms. The van der Waals surface area contributed by atoms with Crippen LogP contribution in [-0.4, -0.2) is 55.5 Å². The van der Waals surface area contributed by atoms with Gasteiger partial charge in [0.1, 0.15) is 0 Å². The molecule has 2 N–H and O–H groups in total. The van der Waals surface area contributed by atoms with Crippen LogP contribution in [0.5, 0.6) is 0 Å². The van der Waals surface area contributed by atoms with E-state index in [4.69, 9.17) is 4.74 Å². The molecule has 1 heterocycles. The summed E-state index contributed by atoms with van der Waals surface area (Å²) in [6.45, 7) is 2.15. The lowest BCUT2D eigenvalue weighted by Gasteiger charge is -2.17. The number of amides is 2. The number of hydrogen-bond acceptors (Lipinski definition) is 3. The number of ether oxygens (including phenoxy) is 1. The minimum Gasteiger partial charge on any atom is -0.389 e. The number of likely N-dealkylation sites (tertiary alicyclic amines) is 1. The SMILES string of the molecule is COCC(O)CNC(=O)N1CCCC1. The number of carbonyl (C=O) groups is 1. The Kier molecular flexibility index (Phi) is 4.69. The first-order valence-electron chi connectivity index (χ1n) is 4.94. The molecule has 1 unspecified atom stereocenters. The molecule has 0 aromatic carbocycles. The number of rotatable bonds is 4. The van der Waals surface area contributed by atoms with Crippen LogP contribution in [0.15, 0.2) is 0 Å². The lowest BCUT2D eigenvalue weighted by atomic mass is 10.4. The Morgan fingerprint density at radius 1 is 1.57 bits per heavy atom. The molecular weight excluding hydrogens is 184 g/mol. The number of nitrogens with zero attached hydrogens (tertiary/aromatic N) is 1. The first-order chi connectivity index (χ1) is 6.74. The number of methoxy groups -OCH3 is 1. The number of aliphatic hydroxyl groups is 1. The minimum atomic E-state index is -0.619. The topological polar surface area (TPSA) is 61.8 Å². The van der Waals surface area contributed by atoms with Gasteiger partial charge in [-0.1, -0.05) is 0 Å². The predicted molar refractivity (Wildman–Crippen MR) is 52.1 cm³/mol. The Morgan fingerprint density at radius 2 is 2.21 bits per heavy atom. The van der Waals surface area contributed by atoms with Crippen molar-refractivity contribution < 1.29 is 14.6 Å². The highest BCUT2D eigenvalue weighted by molar-refractivity contribution is 5.74. The van der Waals surface area contributed by atoms with Crippen molar-refractivity contribution >= 4 is 6.03 Å². The zero-order valence-corrected chi connectivity index (χ0v) is 8.53. The molecule has 5 nitrogen and oxygen atoms in total. The molecule has 0 bridgehead atoms. The molecule has 0 spiro atoms. The predicted octanol–water partition coefficient (Wildman–Crippen LogP) is -0.201. The van der Waals surface area contributed by atoms with Gasteiger partial charge in [0.25, 0.3) is 0 Å². The van der Waals surface area contributed by atoms with E-state index in [-0.39, 0.29) is 19.2 Å². The second-order valence-corrected chi connectivity index (χ2v) is 3.49. The van der Waals surface area contributed by atoms with Crippen molar-refractivity contribution in [2.24, 2.45) is 0 Å². The van der Waals surface area contributed by atoms with Gasteiger partial charge in [-0.05, 0) is 12.8 Å². The summed E-state index contributed by atoms with van der Waals surface area (Å²) < 4.78 is 4.75. The smallest absolute Gasteiger partial charge is 0.317 e. The molecule has 82 valence electrons. The number of aliphatic hydroxyl groups excluding tert-OH is 1. The summed E-state index contributed by atoms with van der Waals surface area (Å²) in [5, 5.41) is 11.9. The molecule has 14 heavy (non-hydrogen) atoms. The fourth-order valence-electron chi connectivity index (χ4n) is 1.49. The van der Waals surface area contributed by atoms with Gasteiger partial charge in [0.2, 0.25) is 0 Å². The maximum Gasteiger partial charge on any atom is 0.317 e. The Labute approximate surface area is 84.0 Å². The zero-order valence-electron chi connectivity index (χ0n) is 8.53. The molecule has 0 aromatic heterocycles. The Balaban J connectivity index is 2.13. The van der Waals surface area contributed by atoms with Crippen LogP contribution in [0.1, 0.15) is 12.8 Å². The molecule has 1 atom stereocenters. The Morgan fingerprint density at radius 3 is 2.79 bits per heavy atom. The van der Waals surface area contributed by atoms with Crippen LogP contribution in [-0.2, 0) is 4.74 Å². The van der Waals surface area contributed by atoms with Crippen molar-refractivity contribution in [3.8, 4) is 0 Å². The third-order valence-electron chi connectivity index (χ3n) is 2.24. The van der Waals surface area contributed by atoms with E-state index >= 15 is 0 Å². The standard InChI is InChI=1S/C9H18N2O3/c1-14-7-8(12)6-10-9(13)11-4-2-3-5-11/h8,12H,2-7H2,1H3,(H,10,13). The van der Waals surface area contributed by atoms with Crippen LogP contribution in [0.4, 0.5) is 4.79 Å². The van der Waals surface area contributed by atoms with E-state index in [1.165, 1.54) is 7.11 Å². The Bertz CT molecular complexity index is 181. The molecule has 2 amide bonds. The molecule has 0 aliphatic carbocycles. The van der Waals surface area contributed by atoms with E-state index in [0.717, 1.165) is 25.9 Å². The maximum absolute atomic E-state index is 11.4. The average Bonchev–Trinajstić information content (AvgIpc) is 2.67. The minimum absolute atomic E-state index is 0.0855. The molecule has 1 fully saturated rings. The number of hydrogen-bond donors (Lipinski definition) is 2. The Hall–Kier alpha value is -0.810. The second kappa shape index (κ2) is 5.82. The molecule has 0 saturated carbocycles. The van der Waals surface area contributed by atoms with Gasteiger partial charge >= 0.3 is 6.03 Å². The van der Waals surface area contributed by atoms with E-state index in [0.29, 0.717) is 0 Å². The van der Waals surface area contributed by atoms with E-state index in [1.54, 1.807) is 4.90 Å². The zero-order chi connectivity index (χ0) is 10.4. The summed E-state index contributed by atoms with van der Waals surface area (Å²) in [4.78, 5) is 13.2. The second-order valence-electron chi connectivity index (χ2n) is 3.49. The highest BCUT2D eigenvalue weighted by Crippen LogP contribution is 2.06. The molecule has 1 saturated heterocycles. The molecule has 1 aliphatic rings. The van der Waals surface area contributed by atoms with E-state index in [9.17, 15) is 9.90 Å². The summed E-state index contributed by atoms with van der Waals surface area (Å²) >= 11 is 0. The third kappa shape index (κ3) is 3.51. The highest BCUT2D eigenvalue weighted by Gasteiger charge is 2.17. The highest BCUT2D eigenvalue weighted by atomic mass is 16.5. The molecule has 1 rings (SSSR count). The van der Waals surface area contributed by atoms with Crippen LogP contribution in [0.3, 0.4) is 0 Å². The lowest BCUT2D eigenvalue weighted by Crippen LogP contribution is -2.42. The van der Waals surface area contributed by atoms with Gasteiger partial charge in [0.05, 0.1) is 12.7 Å². The monoisotopic (exact) mass is 202 g/mol. The van der Waals surface area contributed by atoms with Crippen LogP contribution in [0, 0.1) is 0 Å². The average molecular weight is 202 g/mol. The normalized spacial score (nSPS) is 18.3. The van der Waals surface area contributed by atoms with Crippen molar-refractivity contribution in [3.05, 3.63) is 0 Å². The van der Waals surface area contributed by atoms with Crippen molar-refractivity contribution in [2.45, 2.75) is 18.9 Å². The van der Waals surface area contributed by atoms with Gasteiger partial charge in [0, 0.05) is 26.7 Å². The van der Waals surface area contributed by atoms with E-state index in [1.807, 2.05) is 0 Å². The molecule has 0 aromatic rings. The quantitative estimate of drug-likeness (QED) is 0.663. The van der Waals surface area contributed by atoms with Crippen molar-refractivity contribution in [1.29, 1.82) is 0 Å². The first-order valence-corrected chi connectivity index (χ1v) is 4.94. The van der Waals surface area contributed by atoms with Crippen LogP contribution in [0.2, 0.25) is 0 Å². The van der Waals surface area contributed by atoms with Crippen LogP contribution in [0.25, 0.3) is 0 Å². The lowest BCUT2D eigenvalue weighted by molar-refractivity contribution is 0.0651. The molecule has 0 radical (unpaired) electrons. The number of urea groups is 1. The van der Waals surface area contributed by atoms with E-state index < -0.39 is 6.10 Å². The molecular formula is C9H18N2O3. The van der Waals surface area contributed by atoms with Crippen molar-refractivity contribution in [2.75, 3.05) is 33.4 Å². The summed E-state index contributed by atoms with van der Waals surface area (Å²) in [6.07, 6.45) is 1.54. The van der Waals surface area contributed by atoms with Crippen molar-refractivity contribution in [1.82, 2.24) is 10.2 Å². The fourth-order valence-corrected chi connectivity index (χ4v) is 1.49. The number of carbonyl (C=O) groups excluding carboxylic acids is 1. The van der Waals surface area contributed by atoms with Gasteiger partial charge < -0.3 is 20.1 Å². The van der Waals surface area contributed by atoms with Gasteiger partial charge in [0.15, 0.2) is 0 Å². The number of nitrogens with one attached hydrogen (secondary N) is 1. The van der Waals surface area contributed by atoms with E-state index in [2.05, 4.69) is 5.32 Å². The first kappa shape index (κ1) is 11.3. The summed E-state index contributed by atoms with van der Waals surface area (Å²) in [5.41, 5.74) is 0. The summed E-state index contributed by atoms with van der Waals surface area (Å²) in [7, 11) is 1.52. The van der Waals surface area contributed by atoms with Gasteiger partial charge in [-0.3, -0.25) is 0 Å². The van der Waals surface area contributed by atoms with Crippen LogP contribution >= 0.6 is 0 Å². The van der Waals surface area contributed by atoms with Crippen LogP contribution < -0.4 is 5.32 Å². The third-order valence-corrected chi connectivity index (χ3v) is 2.24. The van der Waals surface area contributed by atoms with Crippen molar-refractivity contribution in [3.63, 3.8) is 0 Å². The maximum atomic E-state index is 11.4. The van der Waals surface area contributed by atoms with Gasteiger partial charge in [-0.15, -0.1) is 0 Å². The largest absolute Gasteiger partial charge is 0.389 e. The van der Waals surface area contributed by atoms with Gasteiger partial charge in [-0.2, -0.15) is 0 Å². The molecule has 1 aliphatic heterocycles.